The molecule has 0 bridgehead atoms. The number of rotatable bonds is 7. The molecule has 152 valence electrons. The average Bonchev–Trinajstić information content (AvgIpc) is 3.42. The predicted molar refractivity (Wildman–Crippen MR) is 114 cm³/mol. The molecule has 1 aromatic carbocycles. The summed E-state index contributed by atoms with van der Waals surface area (Å²) in [4.78, 5) is 25.0. The topological polar surface area (TPSA) is 52.8 Å². The monoisotopic (exact) mass is 410 g/mol. The Morgan fingerprint density at radius 2 is 1.79 bits per heavy atom. The Balaban J connectivity index is 1.26. The normalized spacial score (nSPS) is 15.5. The van der Waals surface area contributed by atoms with Gasteiger partial charge in [0.25, 0.3) is 5.91 Å². The highest BCUT2D eigenvalue weighted by atomic mass is 32.1. The summed E-state index contributed by atoms with van der Waals surface area (Å²) in [7, 11) is 1.79. The molecule has 0 radical (unpaired) electrons. The minimum absolute atomic E-state index is 0.121. The molecule has 4 rings (SSSR count). The zero-order valence-corrected chi connectivity index (χ0v) is 17.5. The van der Waals surface area contributed by atoms with E-state index in [1.165, 1.54) is 11.1 Å². The van der Waals surface area contributed by atoms with Crippen LogP contribution in [-0.2, 0) is 19.6 Å². The zero-order chi connectivity index (χ0) is 20.1. The molecule has 6 nitrogen and oxygen atoms in total. The summed E-state index contributed by atoms with van der Waals surface area (Å²) in [6.07, 6.45) is 1.48. The Kier molecular flexibility index (Phi) is 6.39. The SMILES string of the molecule is CN(Cc1ccccc1)C(=O)c1coc(CN2CCN(Cc3cccs3)CC2)n1. The largest absolute Gasteiger partial charge is 0.447 e. The average molecular weight is 411 g/mol. The smallest absolute Gasteiger partial charge is 0.275 e. The molecule has 0 unspecified atom stereocenters. The maximum Gasteiger partial charge on any atom is 0.275 e. The fraction of sp³-hybridized carbons (Fsp3) is 0.364. The van der Waals surface area contributed by atoms with Crippen LogP contribution in [0.25, 0.3) is 0 Å². The lowest BCUT2D eigenvalue weighted by molar-refractivity contribution is 0.0779. The summed E-state index contributed by atoms with van der Waals surface area (Å²) in [6.45, 7) is 6.23. The molecule has 3 heterocycles. The van der Waals surface area contributed by atoms with Crippen LogP contribution in [0.15, 0.2) is 58.5 Å². The highest BCUT2D eigenvalue weighted by Gasteiger charge is 2.21. The quantitative estimate of drug-likeness (QED) is 0.598. The van der Waals surface area contributed by atoms with Gasteiger partial charge in [0.05, 0.1) is 6.54 Å². The van der Waals surface area contributed by atoms with E-state index in [0.717, 1.165) is 38.3 Å². The van der Waals surface area contributed by atoms with Gasteiger partial charge in [0.15, 0.2) is 5.69 Å². The van der Waals surface area contributed by atoms with Gasteiger partial charge in [-0.25, -0.2) is 4.98 Å². The van der Waals surface area contributed by atoms with Crippen molar-refractivity contribution in [1.29, 1.82) is 0 Å². The minimum Gasteiger partial charge on any atom is -0.447 e. The molecule has 7 heteroatoms. The fourth-order valence-electron chi connectivity index (χ4n) is 3.53. The van der Waals surface area contributed by atoms with Crippen LogP contribution >= 0.6 is 11.3 Å². The Labute approximate surface area is 175 Å². The molecule has 0 N–H and O–H groups in total. The number of oxazole rings is 1. The maximum absolute atomic E-state index is 12.6. The lowest BCUT2D eigenvalue weighted by Crippen LogP contribution is -2.45. The third-order valence-corrected chi connectivity index (χ3v) is 6.02. The first-order valence-corrected chi connectivity index (χ1v) is 10.8. The Morgan fingerprint density at radius 3 is 2.48 bits per heavy atom. The van der Waals surface area contributed by atoms with E-state index >= 15 is 0 Å². The van der Waals surface area contributed by atoms with Crippen molar-refractivity contribution in [2.45, 2.75) is 19.6 Å². The number of nitrogens with zero attached hydrogens (tertiary/aromatic N) is 4. The summed E-state index contributed by atoms with van der Waals surface area (Å²) in [5, 5.41) is 2.13. The third kappa shape index (κ3) is 5.32. The van der Waals surface area contributed by atoms with Crippen molar-refractivity contribution in [2.75, 3.05) is 33.2 Å². The third-order valence-electron chi connectivity index (χ3n) is 5.16. The molecule has 3 aromatic rings. The molecule has 1 amide bonds. The van der Waals surface area contributed by atoms with Crippen molar-refractivity contribution in [2.24, 2.45) is 0 Å². The first kappa shape index (κ1) is 19.8. The van der Waals surface area contributed by atoms with E-state index in [9.17, 15) is 4.79 Å². The molecule has 1 saturated heterocycles. The van der Waals surface area contributed by atoms with E-state index in [4.69, 9.17) is 4.42 Å². The van der Waals surface area contributed by atoms with Gasteiger partial charge in [-0.15, -0.1) is 11.3 Å². The van der Waals surface area contributed by atoms with Crippen LogP contribution in [-0.4, -0.2) is 58.8 Å². The molecule has 2 aromatic heterocycles. The molecule has 1 aliphatic heterocycles. The van der Waals surface area contributed by atoms with E-state index in [0.29, 0.717) is 24.7 Å². The van der Waals surface area contributed by atoms with E-state index in [1.807, 2.05) is 41.7 Å². The maximum atomic E-state index is 12.6. The second kappa shape index (κ2) is 9.35. The number of hydrogen-bond donors (Lipinski definition) is 0. The van der Waals surface area contributed by atoms with Crippen LogP contribution in [0.4, 0.5) is 0 Å². The number of carbonyl (C=O) groups is 1. The van der Waals surface area contributed by atoms with Crippen LogP contribution in [0.3, 0.4) is 0 Å². The van der Waals surface area contributed by atoms with E-state index < -0.39 is 0 Å². The highest BCUT2D eigenvalue weighted by Crippen LogP contribution is 2.15. The van der Waals surface area contributed by atoms with Crippen LogP contribution < -0.4 is 0 Å². The van der Waals surface area contributed by atoms with Gasteiger partial charge in [0, 0.05) is 51.2 Å². The second-order valence-electron chi connectivity index (χ2n) is 7.40. The van der Waals surface area contributed by atoms with Crippen LogP contribution in [0.2, 0.25) is 0 Å². The molecule has 0 spiro atoms. The highest BCUT2D eigenvalue weighted by molar-refractivity contribution is 7.09. The molecule has 0 atom stereocenters. The standard InChI is InChI=1S/C22H26N4O2S/c1-24(14-18-6-3-2-4-7-18)22(27)20-17-28-21(23-20)16-26-11-9-25(10-12-26)15-19-8-5-13-29-19/h2-8,13,17H,9-12,14-16H2,1H3. The van der Waals surface area contributed by atoms with Gasteiger partial charge in [0.1, 0.15) is 6.26 Å². The summed E-state index contributed by atoms with van der Waals surface area (Å²) in [5.41, 5.74) is 1.46. The molecule has 1 fully saturated rings. The first-order chi connectivity index (χ1) is 14.2. The van der Waals surface area contributed by atoms with Crippen molar-refractivity contribution in [3.63, 3.8) is 0 Å². The number of carbonyl (C=O) groups excluding carboxylic acids is 1. The summed E-state index contributed by atoms with van der Waals surface area (Å²) < 4.78 is 5.59. The van der Waals surface area contributed by atoms with Crippen molar-refractivity contribution >= 4 is 17.2 Å². The Morgan fingerprint density at radius 1 is 1.07 bits per heavy atom. The number of hydrogen-bond acceptors (Lipinski definition) is 6. The van der Waals surface area contributed by atoms with Gasteiger partial charge in [-0.2, -0.15) is 0 Å². The number of piperazine rings is 1. The second-order valence-corrected chi connectivity index (χ2v) is 8.44. The molecule has 0 aliphatic carbocycles. The van der Waals surface area contributed by atoms with E-state index in [2.05, 4.69) is 32.3 Å². The van der Waals surface area contributed by atoms with Gasteiger partial charge < -0.3 is 9.32 Å². The molecular weight excluding hydrogens is 384 g/mol. The van der Waals surface area contributed by atoms with E-state index in [-0.39, 0.29) is 5.91 Å². The van der Waals surface area contributed by atoms with E-state index in [1.54, 1.807) is 11.9 Å². The number of thiophene rings is 1. The molecule has 1 aliphatic rings. The van der Waals surface area contributed by atoms with Crippen molar-refractivity contribution < 1.29 is 9.21 Å². The van der Waals surface area contributed by atoms with Crippen LogP contribution in [0.5, 0.6) is 0 Å². The minimum atomic E-state index is -0.121. The van der Waals surface area contributed by atoms with Gasteiger partial charge in [-0.3, -0.25) is 14.6 Å². The molecule has 29 heavy (non-hydrogen) atoms. The van der Waals surface area contributed by atoms with Crippen molar-refractivity contribution in [3.05, 3.63) is 76.1 Å². The number of benzene rings is 1. The zero-order valence-electron chi connectivity index (χ0n) is 16.7. The predicted octanol–water partition coefficient (Wildman–Crippen LogP) is 3.33. The summed E-state index contributed by atoms with van der Waals surface area (Å²) in [6, 6.07) is 14.2. The van der Waals surface area contributed by atoms with Crippen molar-refractivity contribution in [3.8, 4) is 0 Å². The van der Waals surface area contributed by atoms with Crippen LogP contribution in [0, 0.1) is 0 Å². The van der Waals surface area contributed by atoms with Gasteiger partial charge >= 0.3 is 0 Å². The fourth-order valence-corrected chi connectivity index (χ4v) is 4.27. The summed E-state index contributed by atoms with van der Waals surface area (Å²) in [5.74, 6) is 0.484. The van der Waals surface area contributed by atoms with Gasteiger partial charge in [-0.1, -0.05) is 36.4 Å². The van der Waals surface area contributed by atoms with Crippen LogP contribution in [0.1, 0.15) is 26.8 Å². The Bertz CT molecular complexity index is 902. The molecular formula is C22H26N4O2S. The molecule has 0 saturated carbocycles. The lowest BCUT2D eigenvalue weighted by Gasteiger charge is -2.33. The Hall–Kier alpha value is -2.48. The summed E-state index contributed by atoms with van der Waals surface area (Å²) >= 11 is 1.81. The first-order valence-electron chi connectivity index (χ1n) is 9.88. The van der Waals surface area contributed by atoms with Crippen molar-refractivity contribution in [1.82, 2.24) is 19.7 Å². The number of aromatic nitrogens is 1. The van der Waals surface area contributed by atoms with Gasteiger partial charge in [-0.05, 0) is 17.0 Å². The van der Waals surface area contributed by atoms with Gasteiger partial charge in [0.2, 0.25) is 5.89 Å². The lowest BCUT2D eigenvalue weighted by atomic mass is 10.2. The number of amides is 1.